The van der Waals surface area contributed by atoms with E-state index in [1.165, 1.54) is 6.07 Å². The molecule has 4 rings (SSSR count). The zero-order chi connectivity index (χ0) is 24.3. The molecule has 1 spiro atoms. The van der Waals surface area contributed by atoms with Gasteiger partial charge in [0.1, 0.15) is 11.4 Å². The molecule has 2 aromatic carbocycles. The summed E-state index contributed by atoms with van der Waals surface area (Å²) in [7, 11) is 0. The number of rotatable bonds is 3. The molecule has 2 aromatic rings. The lowest BCUT2D eigenvalue weighted by molar-refractivity contribution is -0.150. The molecule has 2 saturated heterocycles. The number of amides is 2. The Labute approximate surface area is 200 Å². The van der Waals surface area contributed by atoms with Gasteiger partial charge in [0, 0.05) is 42.9 Å². The molecule has 0 unspecified atom stereocenters. The molecule has 0 saturated carbocycles. The Morgan fingerprint density at radius 3 is 2.38 bits per heavy atom. The van der Waals surface area contributed by atoms with Crippen LogP contribution in [0.3, 0.4) is 0 Å². The van der Waals surface area contributed by atoms with Crippen molar-refractivity contribution < 1.29 is 19.1 Å². The van der Waals surface area contributed by atoms with Gasteiger partial charge in [-0.3, -0.25) is 9.59 Å². The Balaban J connectivity index is 1.39. The van der Waals surface area contributed by atoms with Crippen molar-refractivity contribution in [3.05, 3.63) is 71.0 Å². The Bertz CT molecular complexity index is 1120. The molecular weight excluding hydrogens is 431 g/mol. The summed E-state index contributed by atoms with van der Waals surface area (Å²) in [6, 6.07) is 13.7. The van der Waals surface area contributed by atoms with Crippen LogP contribution in [-0.2, 0) is 11.3 Å². The summed E-state index contributed by atoms with van der Waals surface area (Å²) < 4.78 is 14.1. The van der Waals surface area contributed by atoms with Gasteiger partial charge in [0.15, 0.2) is 0 Å². The monoisotopic (exact) mass is 462 g/mol. The number of carbonyl (C=O) groups is 2. The van der Waals surface area contributed by atoms with Crippen LogP contribution in [0.1, 0.15) is 61.0 Å². The number of carbonyl (C=O) groups excluding carboxylic acids is 2. The standard InChI is InChI=1S/C28H31FN2O3/c1-27(2,34)14-12-21-8-10-22(11-9-21)25(32)30-18-15-28(16-19-30)13-5-17-31(26(28)33)20-23-6-3-4-7-24(23)29/h3-4,6-11,34H,5,13,15-20H2,1-2H3. The molecule has 2 fully saturated rings. The summed E-state index contributed by atoms with van der Waals surface area (Å²) in [5.41, 5.74) is 0.326. The van der Waals surface area contributed by atoms with E-state index in [4.69, 9.17) is 0 Å². The molecule has 2 heterocycles. The maximum atomic E-state index is 14.1. The SMILES string of the molecule is CC(C)(O)C#Cc1ccc(C(=O)N2CCC3(CCCN(Cc4ccccc4F)C3=O)CC2)cc1. The second-order valence-electron chi connectivity index (χ2n) is 9.88. The molecule has 0 atom stereocenters. The number of aliphatic hydroxyl groups is 1. The van der Waals surface area contributed by atoms with Crippen LogP contribution in [-0.4, -0.2) is 52.0 Å². The minimum atomic E-state index is -1.07. The van der Waals surface area contributed by atoms with E-state index in [9.17, 15) is 19.1 Å². The molecule has 1 N–H and O–H groups in total. The van der Waals surface area contributed by atoms with Crippen molar-refractivity contribution in [1.29, 1.82) is 0 Å². The maximum absolute atomic E-state index is 14.1. The van der Waals surface area contributed by atoms with E-state index in [-0.39, 0.29) is 17.6 Å². The van der Waals surface area contributed by atoms with Crippen LogP contribution >= 0.6 is 0 Å². The van der Waals surface area contributed by atoms with Gasteiger partial charge in [-0.2, -0.15) is 0 Å². The van der Waals surface area contributed by atoms with Gasteiger partial charge >= 0.3 is 0 Å². The van der Waals surface area contributed by atoms with Crippen LogP contribution in [0.4, 0.5) is 4.39 Å². The minimum Gasteiger partial charge on any atom is -0.378 e. The number of hydrogen-bond donors (Lipinski definition) is 1. The normalized spacial score (nSPS) is 17.9. The van der Waals surface area contributed by atoms with Crippen LogP contribution in [0.15, 0.2) is 48.5 Å². The highest BCUT2D eigenvalue weighted by Crippen LogP contribution is 2.41. The molecular formula is C28H31FN2O3. The summed E-state index contributed by atoms with van der Waals surface area (Å²) in [5, 5.41) is 9.74. The smallest absolute Gasteiger partial charge is 0.253 e. The lowest BCUT2D eigenvalue weighted by Gasteiger charge is -2.46. The first kappa shape index (κ1) is 24.0. The predicted molar refractivity (Wildman–Crippen MR) is 128 cm³/mol. The molecule has 2 aliphatic heterocycles. The van der Waals surface area contributed by atoms with Crippen molar-refractivity contribution in [3.63, 3.8) is 0 Å². The summed E-state index contributed by atoms with van der Waals surface area (Å²) in [6.07, 6.45) is 2.96. The van der Waals surface area contributed by atoms with Crippen LogP contribution < -0.4 is 0 Å². The summed E-state index contributed by atoms with van der Waals surface area (Å²) in [4.78, 5) is 30.0. The van der Waals surface area contributed by atoms with E-state index in [1.54, 1.807) is 61.2 Å². The van der Waals surface area contributed by atoms with Gasteiger partial charge in [-0.15, -0.1) is 0 Å². The van der Waals surface area contributed by atoms with Crippen molar-refractivity contribution in [3.8, 4) is 11.8 Å². The van der Waals surface area contributed by atoms with Gasteiger partial charge in [0.25, 0.3) is 5.91 Å². The zero-order valence-electron chi connectivity index (χ0n) is 19.8. The minimum absolute atomic E-state index is 0.0525. The van der Waals surface area contributed by atoms with E-state index in [0.717, 1.165) is 18.4 Å². The fourth-order valence-electron chi connectivity index (χ4n) is 4.84. The van der Waals surface area contributed by atoms with Crippen molar-refractivity contribution >= 4 is 11.8 Å². The first-order valence-electron chi connectivity index (χ1n) is 11.8. The third-order valence-electron chi connectivity index (χ3n) is 6.80. The van der Waals surface area contributed by atoms with Gasteiger partial charge in [-0.05, 0) is 69.9 Å². The molecule has 0 aliphatic carbocycles. The van der Waals surface area contributed by atoms with Gasteiger partial charge in [-0.25, -0.2) is 4.39 Å². The largest absolute Gasteiger partial charge is 0.378 e. The van der Waals surface area contributed by atoms with Gasteiger partial charge in [0.05, 0.1) is 5.41 Å². The predicted octanol–water partition coefficient (Wildman–Crippen LogP) is 3.99. The first-order chi connectivity index (χ1) is 16.2. The lowest BCUT2D eigenvalue weighted by Crippen LogP contribution is -2.54. The fraction of sp³-hybridized carbons (Fsp3) is 0.429. The second-order valence-corrected chi connectivity index (χ2v) is 9.88. The zero-order valence-corrected chi connectivity index (χ0v) is 19.8. The Morgan fingerprint density at radius 1 is 1.06 bits per heavy atom. The fourth-order valence-corrected chi connectivity index (χ4v) is 4.84. The third-order valence-corrected chi connectivity index (χ3v) is 6.80. The highest BCUT2D eigenvalue weighted by Gasteiger charge is 2.46. The van der Waals surface area contributed by atoms with E-state index < -0.39 is 11.0 Å². The molecule has 0 aromatic heterocycles. The maximum Gasteiger partial charge on any atom is 0.253 e. The van der Waals surface area contributed by atoms with Gasteiger partial charge in [0.2, 0.25) is 5.91 Å². The third kappa shape index (κ3) is 5.31. The van der Waals surface area contributed by atoms with E-state index >= 15 is 0 Å². The molecule has 6 heteroatoms. The van der Waals surface area contributed by atoms with Crippen molar-refractivity contribution in [2.75, 3.05) is 19.6 Å². The molecule has 0 radical (unpaired) electrons. The topological polar surface area (TPSA) is 60.9 Å². The molecule has 178 valence electrons. The molecule has 34 heavy (non-hydrogen) atoms. The second kappa shape index (κ2) is 9.60. The van der Waals surface area contributed by atoms with Gasteiger partial charge < -0.3 is 14.9 Å². The van der Waals surface area contributed by atoms with Crippen molar-refractivity contribution in [2.24, 2.45) is 5.41 Å². The van der Waals surface area contributed by atoms with Crippen molar-refractivity contribution in [1.82, 2.24) is 9.80 Å². The van der Waals surface area contributed by atoms with Gasteiger partial charge in [-0.1, -0.05) is 30.0 Å². The highest BCUT2D eigenvalue weighted by molar-refractivity contribution is 5.94. The van der Waals surface area contributed by atoms with Crippen LogP contribution in [0, 0.1) is 23.1 Å². The number of nitrogens with zero attached hydrogens (tertiary/aromatic N) is 2. The van der Waals surface area contributed by atoms with Crippen LogP contribution in [0.25, 0.3) is 0 Å². The Kier molecular flexibility index (Phi) is 6.77. The number of hydrogen-bond acceptors (Lipinski definition) is 3. The Hall–Kier alpha value is -3.17. The number of likely N-dealkylation sites (tertiary alicyclic amines) is 2. The van der Waals surface area contributed by atoms with E-state index in [2.05, 4.69) is 11.8 Å². The van der Waals surface area contributed by atoms with Crippen LogP contribution in [0.5, 0.6) is 0 Å². The molecule has 5 nitrogen and oxygen atoms in total. The lowest BCUT2D eigenvalue weighted by atomic mass is 9.71. The first-order valence-corrected chi connectivity index (χ1v) is 11.8. The van der Waals surface area contributed by atoms with E-state index in [1.807, 2.05) is 4.90 Å². The average molecular weight is 463 g/mol. The van der Waals surface area contributed by atoms with Crippen molar-refractivity contribution in [2.45, 2.75) is 51.7 Å². The summed E-state index contributed by atoms with van der Waals surface area (Å²) >= 11 is 0. The summed E-state index contributed by atoms with van der Waals surface area (Å²) in [6.45, 7) is 5.23. The molecule has 0 bridgehead atoms. The number of piperidine rings is 2. The highest BCUT2D eigenvalue weighted by atomic mass is 19.1. The summed E-state index contributed by atoms with van der Waals surface area (Å²) in [5.74, 6) is 5.42. The van der Waals surface area contributed by atoms with E-state index in [0.29, 0.717) is 50.1 Å². The molecule has 2 amide bonds. The number of halogens is 1. The Morgan fingerprint density at radius 2 is 1.74 bits per heavy atom. The number of benzene rings is 2. The quantitative estimate of drug-likeness (QED) is 0.702. The average Bonchev–Trinajstić information content (AvgIpc) is 2.82. The van der Waals surface area contributed by atoms with Crippen LogP contribution in [0.2, 0.25) is 0 Å². The molecule has 2 aliphatic rings.